The second-order valence-corrected chi connectivity index (χ2v) is 7.52. The molecular formula is C15H28ClN5S. The highest BCUT2D eigenvalue weighted by Crippen LogP contribution is 2.19. The zero-order valence-corrected chi connectivity index (χ0v) is 15.0. The third kappa shape index (κ3) is 4.80. The molecule has 0 amide bonds. The van der Waals surface area contributed by atoms with E-state index in [4.69, 9.17) is 5.73 Å². The summed E-state index contributed by atoms with van der Waals surface area (Å²) in [5, 5.41) is 0.684. The van der Waals surface area contributed by atoms with Gasteiger partial charge in [0.25, 0.3) is 0 Å². The van der Waals surface area contributed by atoms with Crippen LogP contribution in [-0.4, -0.2) is 72.0 Å². The van der Waals surface area contributed by atoms with Crippen LogP contribution in [0, 0.1) is 0 Å². The van der Waals surface area contributed by atoms with E-state index in [-0.39, 0.29) is 12.4 Å². The van der Waals surface area contributed by atoms with Crippen LogP contribution in [0.1, 0.15) is 24.1 Å². The van der Waals surface area contributed by atoms with Crippen molar-refractivity contribution in [1.29, 1.82) is 0 Å². The quantitative estimate of drug-likeness (QED) is 0.901. The molecule has 2 aliphatic rings. The Hall–Kier alpha value is -0.400. The van der Waals surface area contributed by atoms with E-state index in [0.29, 0.717) is 5.13 Å². The fourth-order valence-corrected chi connectivity index (χ4v) is 4.15. The van der Waals surface area contributed by atoms with Gasteiger partial charge < -0.3 is 10.6 Å². The van der Waals surface area contributed by atoms with Gasteiger partial charge >= 0.3 is 0 Å². The molecule has 0 spiro atoms. The van der Waals surface area contributed by atoms with Crippen LogP contribution in [0.3, 0.4) is 0 Å². The van der Waals surface area contributed by atoms with Crippen LogP contribution >= 0.6 is 23.7 Å². The average Bonchev–Trinajstić information content (AvgIpc) is 2.89. The van der Waals surface area contributed by atoms with Crippen molar-refractivity contribution in [1.82, 2.24) is 19.7 Å². The number of halogens is 1. The lowest BCUT2D eigenvalue weighted by molar-refractivity contribution is 0.0821. The fraction of sp³-hybridized carbons (Fsp3) is 0.800. The second kappa shape index (κ2) is 8.45. The Kier molecular flexibility index (Phi) is 6.89. The van der Waals surface area contributed by atoms with Crippen molar-refractivity contribution in [3.63, 3.8) is 0 Å². The summed E-state index contributed by atoms with van der Waals surface area (Å²) < 4.78 is 0. The second-order valence-electron chi connectivity index (χ2n) is 6.37. The van der Waals surface area contributed by atoms with Crippen LogP contribution in [0.2, 0.25) is 0 Å². The number of nitrogens with zero attached hydrogens (tertiary/aromatic N) is 4. The molecule has 3 heterocycles. The SMILES string of the molecule is CN1CCCCC1CN1CCN(Cc2cnc(N)s2)CC1.Cl. The predicted molar refractivity (Wildman–Crippen MR) is 95.8 cm³/mol. The topological polar surface area (TPSA) is 48.6 Å². The van der Waals surface area contributed by atoms with Crippen LogP contribution in [0.25, 0.3) is 0 Å². The molecule has 1 atom stereocenters. The maximum atomic E-state index is 5.70. The van der Waals surface area contributed by atoms with Gasteiger partial charge in [-0.2, -0.15) is 0 Å². The number of hydrogen-bond acceptors (Lipinski definition) is 6. The monoisotopic (exact) mass is 345 g/mol. The molecule has 0 bridgehead atoms. The molecular weight excluding hydrogens is 318 g/mol. The summed E-state index contributed by atoms with van der Waals surface area (Å²) in [6.45, 7) is 8.24. The van der Waals surface area contributed by atoms with Crippen molar-refractivity contribution >= 4 is 28.9 Å². The molecule has 2 N–H and O–H groups in total. The van der Waals surface area contributed by atoms with E-state index in [0.717, 1.165) is 25.7 Å². The highest BCUT2D eigenvalue weighted by Gasteiger charge is 2.24. The first-order valence-electron chi connectivity index (χ1n) is 8.06. The summed E-state index contributed by atoms with van der Waals surface area (Å²) >= 11 is 1.62. The number of hydrogen-bond donors (Lipinski definition) is 1. The van der Waals surface area contributed by atoms with Gasteiger partial charge in [-0.15, -0.1) is 23.7 Å². The molecule has 2 aliphatic heterocycles. The van der Waals surface area contributed by atoms with Crippen LogP contribution in [0.15, 0.2) is 6.20 Å². The Bertz CT molecular complexity index is 447. The molecule has 0 saturated carbocycles. The average molecular weight is 346 g/mol. The highest BCUT2D eigenvalue weighted by atomic mass is 35.5. The van der Waals surface area contributed by atoms with Gasteiger partial charge in [0, 0.05) is 56.4 Å². The summed E-state index contributed by atoms with van der Waals surface area (Å²) in [5.74, 6) is 0. The lowest BCUT2D eigenvalue weighted by Gasteiger charge is -2.40. The minimum Gasteiger partial charge on any atom is -0.375 e. The number of aromatic nitrogens is 1. The zero-order valence-electron chi connectivity index (χ0n) is 13.4. The first kappa shape index (κ1) is 17.9. The van der Waals surface area contributed by atoms with E-state index < -0.39 is 0 Å². The van der Waals surface area contributed by atoms with Gasteiger partial charge in [-0.3, -0.25) is 9.80 Å². The molecule has 2 saturated heterocycles. The summed E-state index contributed by atoms with van der Waals surface area (Å²) in [6.07, 6.45) is 6.07. The number of thiazole rings is 1. The van der Waals surface area contributed by atoms with Crippen LogP contribution in [-0.2, 0) is 6.54 Å². The van der Waals surface area contributed by atoms with E-state index in [1.807, 2.05) is 6.20 Å². The van der Waals surface area contributed by atoms with Crippen LogP contribution in [0.4, 0.5) is 5.13 Å². The van der Waals surface area contributed by atoms with Gasteiger partial charge in [0.15, 0.2) is 5.13 Å². The number of likely N-dealkylation sites (N-methyl/N-ethyl adjacent to an activating group) is 1. The molecule has 126 valence electrons. The zero-order chi connectivity index (χ0) is 14.7. The number of likely N-dealkylation sites (tertiary alicyclic amines) is 1. The number of piperazine rings is 1. The standard InChI is InChI=1S/C15H27N5S.ClH/c1-18-5-3-2-4-13(18)11-19-6-8-20(9-7-19)12-14-10-17-15(16)21-14;/h10,13H,2-9,11-12H2,1H3,(H2,16,17);1H. The Balaban J connectivity index is 0.00000176. The molecule has 0 radical (unpaired) electrons. The number of piperidine rings is 1. The Morgan fingerprint density at radius 1 is 1.18 bits per heavy atom. The van der Waals surface area contributed by atoms with Gasteiger partial charge in [-0.05, 0) is 26.4 Å². The minimum atomic E-state index is 0. The number of nitrogen functional groups attached to an aromatic ring is 1. The summed E-state index contributed by atoms with van der Waals surface area (Å²) in [6, 6.07) is 0.770. The molecule has 7 heteroatoms. The van der Waals surface area contributed by atoms with E-state index in [9.17, 15) is 0 Å². The largest absolute Gasteiger partial charge is 0.375 e. The van der Waals surface area contributed by atoms with Crippen LogP contribution in [0.5, 0.6) is 0 Å². The van der Waals surface area contributed by atoms with Gasteiger partial charge in [0.1, 0.15) is 0 Å². The third-order valence-corrected chi connectivity index (χ3v) is 5.62. The Morgan fingerprint density at radius 3 is 2.55 bits per heavy atom. The maximum Gasteiger partial charge on any atom is 0.180 e. The van der Waals surface area contributed by atoms with Gasteiger partial charge in [-0.25, -0.2) is 4.98 Å². The first-order chi connectivity index (χ1) is 10.2. The summed E-state index contributed by atoms with van der Waals surface area (Å²) in [7, 11) is 2.29. The van der Waals surface area contributed by atoms with Crippen molar-refractivity contribution in [3.05, 3.63) is 11.1 Å². The van der Waals surface area contributed by atoms with Crippen molar-refractivity contribution < 1.29 is 0 Å². The normalized spacial score (nSPS) is 25.0. The molecule has 2 fully saturated rings. The highest BCUT2D eigenvalue weighted by molar-refractivity contribution is 7.15. The molecule has 5 nitrogen and oxygen atoms in total. The summed E-state index contributed by atoms with van der Waals surface area (Å²) in [5.41, 5.74) is 5.70. The van der Waals surface area contributed by atoms with Crippen molar-refractivity contribution in [2.75, 3.05) is 52.0 Å². The lowest BCUT2D eigenvalue weighted by Crippen LogP contribution is -2.51. The Morgan fingerprint density at radius 2 is 1.91 bits per heavy atom. The van der Waals surface area contributed by atoms with E-state index in [1.54, 1.807) is 11.3 Å². The summed E-state index contributed by atoms with van der Waals surface area (Å²) in [4.78, 5) is 13.1. The van der Waals surface area contributed by atoms with Gasteiger partial charge in [0.2, 0.25) is 0 Å². The minimum absolute atomic E-state index is 0. The molecule has 0 aromatic carbocycles. The van der Waals surface area contributed by atoms with Gasteiger partial charge in [0.05, 0.1) is 0 Å². The van der Waals surface area contributed by atoms with E-state index >= 15 is 0 Å². The number of anilines is 1. The maximum absolute atomic E-state index is 5.70. The van der Waals surface area contributed by atoms with Crippen molar-refractivity contribution in [3.8, 4) is 0 Å². The third-order valence-electron chi connectivity index (χ3n) is 4.81. The Labute approximate surface area is 143 Å². The number of nitrogens with two attached hydrogens (primary N) is 1. The van der Waals surface area contributed by atoms with Gasteiger partial charge in [-0.1, -0.05) is 6.42 Å². The fourth-order valence-electron chi connectivity index (χ4n) is 3.42. The van der Waals surface area contributed by atoms with Crippen molar-refractivity contribution in [2.24, 2.45) is 0 Å². The predicted octanol–water partition coefficient (Wildman–Crippen LogP) is 1.75. The van der Waals surface area contributed by atoms with Crippen LogP contribution < -0.4 is 5.73 Å². The smallest absolute Gasteiger partial charge is 0.180 e. The molecule has 1 aromatic heterocycles. The van der Waals surface area contributed by atoms with E-state index in [2.05, 4.69) is 26.7 Å². The molecule has 3 rings (SSSR count). The first-order valence-corrected chi connectivity index (χ1v) is 8.87. The molecule has 0 aliphatic carbocycles. The lowest BCUT2D eigenvalue weighted by atomic mass is 10.0. The molecule has 1 unspecified atom stereocenters. The number of rotatable bonds is 4. The van der Waals surface area contributed by atoms with Crippen molar-refractivity contribution in [2.45, 2.75) is 31.8 Å². The molecule has 1 aromatic rings. The molecule has 22 heavy (non-hydrogen) atoms. The van der Waals surface area contributed by atoms with E-state index in [1.165, 1.54) is 50.3 Å².